The summed E-state index contributed by atoms with van der Waals surface area (Å²) in [6.45, 7) is 4.93. The van der Waals surface area contributed by atoms with Crippen LogP contribution < -0.4 is 0 Å². The van der Waals surface area contributed by atoms with Crippen LogP contribution in [0.25, 0.3) is 0 Å². The fraction of sp³-hybridized carbons (Fsp3) is 0.667. The average Bonchev–Trinajstić information content (AvgIpc) is 3.28. The predicted octanol–water partition coefficient (Wildman–Crippen LogP) is 2.36. The number of methoxy groups -OCH3 is 1. The molecular formula is C24H30O9. The summed E-state index contributed by atoms with van der Waals surface area (Å²) in [6, 6.07) is 3.22. The van der Waals surface area contributed by atoms with Crippen LogP contribution in [0.5, 0.6) is 0 Å². The summed E-state index contributed by atoms with van der Waals surface area (Å²) in [5, 5.41) is 10.8. The van der Waals surface area contributed by atoms with Crippen LogP contribution in [-0.2, 0) is 33.4 Å². The Morgan fingerprint density at radius 3 is 2.58 bits per heavy atom. The standard InChI is InChI=1S/C24H30O9/c1-12(25)32-16-10-14(21(28)30-4)23(2)8-7-13-22(29)33-17(18(26)15-6-5-9-31-15)11-24(13,3)20(23)19(16)27/h5-6,9,13-14,16-18,20,26H,7-8,10-11H2,1-4H3/t13-,14-,16-,17+,18+,20-,23-,24-/m0/s1. The van der Waals surface area contributed by atoms with Crippen LogP contribution in [-0.4, -0.2) is 48.1 Å². The van der Waals surface area contributed by atoms with Gasteiger partial charge in [0.25, 0.3) is 0 Å². The molecule has 180 valence electrons. The molecular weight excluding hydrogens is 432 g/mol. The van der Waals surface area contributed by atoms with E-state index in [9.17, 15) is 24.3 Å². The molecule has 8 atom stereocenters. The highest BCUT2D eigenvalue weighted by Gasteiger charge is 2.68. The monoisotopic (exact) mass is 462 g/mol. The minimum atomic E-state index is -1.20. The largest absolute Gasteiger partial charge is 0.469 e. The summed E-state index contributed by atoms with van der Waals surface area (Å²) in [6.07, 6.45) is -0.700. The fourth-order valence-electron chi connectivity index (χ4n) is 6.68. The van der Waals surface area contributed by atoms with Crippen molar-refractivity contribution in [1.82, 2.24) is 0 Å². The molecule has 1 aromatic rings. The lowest BCUT2D eigenvalue weighted by Gasteiger charge is -2.61. The summed E-state index contributed by atoms with van der Waals surface area (Å²) in [7, 11) is 1.29. The van der Waals surface area contributed by atoms with E-state index in [-0.39, 0.29) is 24.4 Å². The molecule has 9 nitrogen and oxygen atoms in total. The molecule has 0 radical (unpaired) electrons. The second-order valence-electron chi connectivity index (χ2n) is 9.99. The van der Waals surface area contributed by atoms with E-state index < -0.39 is 64.8 Å². The van der Waals surface area contributed by atoms with Gasteiger partial charge in [0.15, 0.2) is 11.9 Å². The van der Waals surface area contributed by atoms with Gasteiger partial charge >= 0.3 is 17.9 Å². The zero-order valence-corrected chi connectivity index (χ0v) is 19.2. The third-order valence-corrected chi connectivity index (χ3v) is 8.11. The fourth-order valence-corrected chi connectivity index (χ4v) is 6.68. The van der Waals surface area contributed by atoms with E-state index in [0.717, 1.165) is 0 Å². The maximum atomic E-state index is 13.8. The summed E-state index contributed by atoms with van der Waals surface area (Å²) >= 11 is 0. The first-order valence-electron chi connectivity index (χ1n) is 11.2. The quantitative estimate of drug-likeness (QED) is 0.529. The van der Waals surface area contributed by atoms with Crippen molar-refractivity contribution < 1.29 is 42.9 Å². The van der Waals surface area contributed by atoms with Gasteiger partial charge in [-0.05, 0) is 42.2 Å². The molecule has 9 heteroatoms. The molecule has 0 unspecified atom stereocenters. The number of aliphatic hydroxyl groups excluding tert-OH is 1. The minimum Gasteiger partial charge on any atom is -0.469 e. The lowest BCUT2D eigenvalue weighted by atomic mass is 9.43. The van der Waals surface area contributed by atoms with Crippen LogP contribution in [0.4, 0.5) is 0 Å². The first kappa shape index (κ1) is 23.5. The Morgan fingerprint density at radius 2 is 1.97 bits per heavy atom. The Morgan fingerprint density at radius 1 is 1.24 bits per heavy atom. The van der Waals surface area contributed by atoms with Crippen LogP contribution >= 0.6 is 0 Å². The highest BCUT2D eigenvalue weighted by Crippen LogP contribution is 2.64. The van der Waals surface area contributed by atoms with E-state index in [4.69, 9.17) is 18.6 Å². The number of Topliss-reactive ketones (excluding diaryl/α,β-unsaturated/α-hetero) is 1. The Kier molecular flexibility index (Phi) is 5.88. The smallest absolute Gasteiger partial charge is 0.309 e. The lowest BCUT2D eigenvalue weighted by molar-refractivity contribution is -0.216. The number of hydrogen-bond donors (Lipinski definition) is 1. The number of cyclic esters (lactones) is 1. The van der Waals surface area contributed by atoms with Crippen molar-refractivity contribution in [2.75, 3.05) is 7.11 Å². The van der Waals surface area contributed by atoms with Gasteiger partial charge in [0, 0.05) is 19.3 Å². The van der Waals surface area contributed by atoms with Gasteiger partial charge < -0.3 is 23.7 Å². The van der Waals surface area contributed by atoms with Crippen LogP contribution in [0.15, 0.2) is 22.8 Å². The Labute approximate surface area is 191 Å². The van der Waals surface area contributed by atoms with Crippen LogP contribution in [0.2, 0.25) is 0 Å². The molecule has 0 amide bonds. The third-order valence-electron chi connectivity index (χ3n) is 8.11. The topological polar surface area (TPSA) is 129 Å². The van der Waals surface area contributed by atoms with Crippen molar-refractivity contribution in [3.8, 4) is 0 Å². The number of hydrogen-bond acceptors (Lipinski definition) is 9. The van der Waals surface area contributed by atoms with Crippen molar-refractivity contribution >= 4 is 23.7 Å². The normalized spacial score (nSPS) is 39.0. The summed E-state index contributed by atoms with van der Waals surface area (Å²) in [4.78, 5) is 51.4. The molecule has 2 aliphatic carbocycles. The molecule has 1 aromatic heterocycles. The first-order chi connectivity index (χ1) is 15.5. The number of fused-ring (bicyclic) bond motifs is 3. The van der Waals surface area contributed by atoms with Gasteiger partial charge in [0.2, 0.25) is 0 Å². The molecule has 1 saturated heterocycles. The molecule has 0 spiro atoms. The zero-order chi connectivity index (χ0) is 24.1. The number of furan rings is 1. The SMILES string of the molecule is COC(=O)[C@@H]1C[C@H](OC(C)=O)C(=O)[C@H]2[C@@]1(C)CC[C@H]1C(=O)O[C@@H]([C@H](O)c3ccco3)C[C@]21C. The second kappa shape index (κ2) is 8.27. The molecule has 0 aromatic carbocycles. The lowest BCUT2D eigenvalue weighted by Crippen LogP contribution is -2.65. The molecule has 2 saturated carbocycles. The van der Waals surface area contributed by atoms with Crippen molar-refractivity contribution in [2.24, 2.45) is 28.6 Å². The summed E-state index contributed by atoms with van der Waals surface area (Å²) < 4.78 is 21.3. The number of carbonyl (C=O) groups excluding carboxylic acids is 4. The van der Waals surface area contributed by atoms with Gasteiger partial charge in [0.1, 0.15) is 18.0 Å². The number of rotatable bonds is 4. The van der Waals surface area contributed by atoms with Gasteiger partial charge in [0.05, 0.1) is 25.2 Å². The van der Waals surface area contributed by atoms with Gasteiger partial charge in [-0.15, -0.1) is 0 Å². The van der Waals surface area contributed by atoms with E-state index in [1.807, 2.05) is 13.8 Å². The molecule has 1 aliphatic heterocycles. The molecule has 0 bridgehead atoms. The van der Waals surface area contributed by atoms with Crippen LogP contribution in [0.3, 0.4) is 0 Å². The van der Waals surface area contributed by atoms with E-state index >= 15 is 0 Å². The second-order valence-corrected chi connectivity index (χ2v) is 9.99. The van der Waals surface area contributed by atoms with Crippen LogP contribution in [0, 0.1) is 28.6 Å². The van der Waals surface area contributed by atoms with Gasteiger partial charge in [-0.2, -0.15) is 0 Å². The highest BCUT2D eigenvalue weighted by molar-refractivity contribution is 5.93. The molecule has 4 rings (SSSR count). The summed E-state index contributed by atoms with van der Waals surface area (Å²) in [5.41, 5.74) is -1.73. The number of carbonyl (C=O) groups is 4. The van der Waals surface area contributed by atoms with Crippen molar-refractivity contribution in [2.45, 2.75) is 64.8 Å². The molecule has 3 fully saturated rings. The van der Waals surface area contributed by atoms with E-state index in [1.54, 1.807) is 12.1 Å². The van der Waals surface area contributed by atoms with E-state index in [1.165, 1.54) is 20.3 Å². The van der Waals surface area contributed by atoms with E-state index in [2.05, 4.69) is 0 Å². The van der Waals surface area contributed by atoms with Crippen LogP contribution in [0.1, 0.15) is 58.3 Å². The Balaban J connectivity index is 1.76. The molecule has 3 aliphatic rings. The molecule has 1 N–H and O–H groups in total. The Hall–Kier alpha value is -2.68. The van der Waals surface area contributed by atoms with Gasteiger partial charge in [-0.1, -0.05) is 13.8 Å². The van der Waals surface area contributed by atoms with Gasteiger partial charge in [-0.25, -0.2) is 0 Å². The maximum Gasteiger partial charge on any atom is 0.309 e. The zero-order valence-electron chi connectivity index (χ0n) is 19.2. The predicted molar refractivity (Wildman–Crippen MR) is 111 cm³/mol. The Bertz CT molecular complexity index is 953. The first-order valence-corrected chi connectivity index (χ1v) is 11.2. The maximum absolute atomic E-state index is 13.8. The van der Waals surface area contributed by atoms with E-state index in [0.29, 0.717) is 12.8 Å². The van der Waals surface area contributed by atoms with Gasteiger partial charge in [-0.3, -0.25) is 19.2 Å². The number of ketones is 1. The van der Waals surface area contributed by atoms with Crippen molar-refractivity contribution in [1.29, 1.82) is 0 Å². The number of ether oxygens (including phenoxy) is 3. The minimum absolute atomic E-state index is 0.0434. The summed E-state index contributed by atoms with van der Waals surface area (Å²) in [5.74, 6) is -3.67. The number of esters is 3. The van der Waals surface area contributed by atoms with Crippen molar-refractivity contribution in [3.63, 3.8) is 0 Å². The molecule has 33 heavy (non-hydrogen) atoms. The molecule has 2 heterocycles. The third kappa shape index (κ3) is 3.66. The van der Waals surface area contributed by atoms with Crippen molar-refractivity contribution in [3.05, 3.63) is 24.2 Å². The number of aliphatic hydroxyl groups is 1. The average molecular weight is 462 g/mol. The highest BCUT2D eigenvalue weighted by atomic mass is 16.6.